The Morgan fingerprint density at radius 3 is 2.52 bits per heavy atom. The molecule has 0 atom stereocenters. The van der Waals surface area contributed by atoms with Crippen LogP contribution >= 0.6 is 11.3 Å². The van der Waals surface area contributed by atoms with Crippen LogP contribution in [0.3, 0.4) is 0 Å². The van der Waals surface area contributed by atoms with Gasteiger partial charge in [0.05, 0.1) is 4.90 Å². The monoisotopic (exact) mass is 323 g/mol. The van der Waals surface area contributed by atoms with E-state index in [9.17, 15) is 13.2 Å². The van der Waals surface area contributed by atoms with Gasteiger partial charge in [-0.1, -0.05) is 0 Å². The molecule has 0 unspecified atom stereocenters. The van der Waals surface area contributed by atoms with Crippen molar-refractivity contribution in [1.29, 1.82) is 0 Å². The normalized spacial score (nSPS) is 14.9. The molecule has 2 aromatic rings. The molecule has 1 heterocycles. The van der Waals surface area contributed by atoms with Crippen LogP contribution in [0.4, 0.5) is 5.13 Å². The number of nitrogens with one attached hydrogen (secondary N) is 2. The van der Waals surface area contributed by atoms with Gasteiger partial charge < -0.3 is 0 Å². The molecule has 1 aliphatic carbocycles. The number of hydrogen-bond acceptors (Lipinski definition) is 5. The highest BCUT2D eigenvalue weighted by Crippen LogP contribution is 2.22. The van der Waals surface area contributed by atoms with E-state index in [1.54, 1.807) is 11.6 Å². The standard InChI is InChI=1S/C13H13N3O3S2/c17-12(15-13-14-7-8-20-13)9-1-5-11(6-2-9)21(18,19)16-10-3-4-10/h1-2,5-8,10,16H,3-4H2,(H,14,15,17). The molecule has 1 aliphatic rings. The molecule has 0 bridgehead atoms. The van der Waals surface area contributed by atoms with Crippen LogP contribution in [0.1, 0.15) is 23.2 Å². The molecular formula is C13H13N3O3S2. The number of carbonyl (C=O) groups excluding carboxylic acids is 1. The largest absolute Gasteiger partial charge is 0.298 e. The Morgan fingerprint density at radius 2 is 1.95 bits per heavy atom. The average Bonchev–Trinajstić information content (AvgIpc) is 3.11. The minimum Gasteiger partial charge on any atom is -0.298 e. The van der Waals surface area contributed by atoms with Gasteiger partial charge in [0.2, 0.25) is 10.0 Å². The lowest BCUT2D eigenvalue weighted by Crippen LogP contribution is -2.25. The van der Waals surface area contributed by atoms with Crippen molar-refractivity contribution in [2.24, 2.45) is 0 Å². The molecule has 0 radical (unpaired) electrons. The number of hydrogen-bond donors (Lipinski definition) is 2. The van der Waals surface area contributed by atoms with Gasteiger partial charge in [0.15, 0.2) is 5.13 Å². The Hall–Kier alpha value is -1.77. The van der Waals surface area contributed by atoms with Crippen LogP contribution in [-0.2, 0) is 10.0 Å². The molecule has 1 saturated carbocycles. The highest BCUT2D eigenvalue weighted by molar-refractivity contribution is 7.89. The summed E-state index contributed by atoms with van der Waals surface area (Å²) in [6.45, 7) is 0. The summed E-state index contributed by atoms with van der Waals surface area (Å²) in [5.74, 6) is -0.316. The van der Waals surface area contributed by atoms with E-state index >= 15 is 0 Å². The topological polar surface area (TPSA) is 88.2 Å². The lowest BCUT2D eigenvalue weighted by Gasteiger charge is -2.06. The van der Waals surface area contributed by atoms with Crippen LogP contribution in [0.25, 0.3) is 0 Å². The molecule has 0 aliphatic heterocycles. The average molecular weight is 323 g/mol. The number of nitrogens with zero attached hydrogens (tertiary/aromatic N) is 1. The molecule has 8 heteroatoms. The van der Waals surface area contributed by atoms with Gasteiger partial charge >= 0.3 is 0 Å². The summed E-state index contributed by atoms with van der Waals surface area (Å²) in [7, 11) is -3.48. The fraction of sp³-hybridized carbons (Fsp3) is 0.231. The van der Waals surface area contributed by atoms with Crippen molar-refractivity contribution in [3.8, 4) is 0 Å². The first-order valence-corrected chi connectivity index (χ1v) is 8.74. The molecule has 2 N–H and O–H groups in total. The first kappa shape index (κ1) is 14.2. The highest BCUT2D eigenvalue weighted by Gasteiger charge is 2.27. The molecule has 21 heavy (non-hydrogen) atoms. The number of benzene rings is 1. The number of anilines is 1. The Morgan fingerprint density at radius 1 is 1.24 bits per heavy atom. The van der Waals surface area contributed by atoms with E-state index in [1.165, 1.54) is 35.6 Å². The van der Waals surface area contributed by atoms with Crippen LogP contribution in [0.2, 0.25) is 0 Å². The van der Waals surface area contributed by atoms with Crippen LogP contribution in [0, 0.1) is 0 Å². The lowest BCUT2D eigenvalue weighted by atomic mass is 10.2. The maximum atomic E-state index is 12.0. The van der Waals surface area contributed by atoms with E-state index in [0.29, 0.717) is 10.7 Å². The molecule has 6 nitrogen and oxygen atoms in total. The van der Waals surface area contributed by atoms with Crippen molar-refractivity contribution in [2.75, 3.05) is 5.32 Å². The first-order valence-electron chi connectivity index (χ1n) is 6.38. The molecule has 1 aromatic carbocycles. The quantitative estimate of drug-likeness (QED) is 0.879. The highest BCUT2D eigenvalue weighted by atomic mass is 32.2. The predicted molar refractivity (Wildman–Crippen MR) is 79.9 cm³/mol. The maximum absolute atomic E-state index is 12.0. The zero-order valence-corrected chi connectivity index (χ0v) is 12.6. The lowest BCUT2D eigenvalue weighted by molar-refractivity contribution is 0.102. The number of thiazole rings is 1. The molecule has 1 amide bonds. The predicted octanol–water partition coefficient (Wildman–Crippen LogP) is 1.84. The minimum absolute atomic E-state index is 0.0582. The van der Waals surface area contributed by atoms with Gasteiger partial charge in [-0.05, 0) is 37.1 Å². The number of aromatic nitrogens is 1. The maximum Gasteiger partial charge on any atom is 0.257 e. The van der Waals surface area contributed by atoms with Gasteiger partial charge in [-0.3, -0.25) is 10.1 Å². The summed E-state index contributed by atoms with van der Waals surface area (Å²) < 4.78 is 26.6. The second kappa shape index (κ2) is 5.55. The summed E-state index contributed by atoms with van der Waals surface area (Å²) in [5, 5.41) is 4.91. The molecule has 0 saturated heterocycles. The molecule has 3 rings (SSSR count). The van der Waals surface area contributed by atoms with Gasteiger partial charge in [-0.15, -0.1) is 11.3 Å². The Bertz CT molecular complexity index is 735. The van der Waals surface area contributed by atoms with Crippen LogP contribution < -0.4 is 10.0 Å². The number of sulfonamides is 1. The molecule has 0 spiro atoms. The van der Waals surface area contributed by atoms with Crippen LogP contribution in [-0.4, -0.2) is 25.4 Å². The van der Waals surface area contributed by atoms with Crippen molar-refractivity contribution in [2.45, 2.75) is 23.8 Å². The zero-order valence-electron chi connectivity index (χ0n) is 10.9. The number of rotatable bonds is 5. The van der Waals surface area contributed by atoms with Crippen molar-refractivity contribution in [3.05, 3.63) is 41.4 Å². The van der Waals surface area contributed by atoms with E-state index in [2.05, 4.69) is 15.0 Å². The third-order valence-electron chi connectivity index (χ3n) is 2.98. The van der Waals surface area contributed by atoms with Crippen LogP contribution in [0.15, 0.2) is 40.7 Å². The van der Waals surface area contributed by atoms with Gasteiger partial charge in [-0.2, -0.15) is 0 Å². The van der Waals surface area contributed by atoms with E-state index in [0.717, 1.165) is 12.8 Å². The van der Waals surface area contributed by atoms with Gasteiger partial charge in [0, 0.05) is 23.2 Å². The second-order valence-corrected chi connectivity index (χ2v) is 7.32. The SMILES string of the molecule is O=C(Nc1nccs1)c1ccc(S(=O)(=O)NC2CC2)cc1. The first-order chi connectivity index (χ1) is 10.0. The molecule has 110 valence electrons. The fourth-order valence-electron chi connectivity index (χ4n) is 1.73. The second-order valence-electron chi connectivity index (χ2n) is 4.71. The minimum atomic E-state index is -3.48. The zero-order chi connectivity index (χ0) is 14.9. The van der Waals surface area contributed by atoms with E-state index in [1.807, 2.05) is 0 Å². The van der Waals surface area contributed by atoms with E-state index in [4.69, 9.17) is 0 Å². The smallest absolute Gasteiger partial charge is 0.257 e. The van der Waals surface area contributed by atoms with Gasteiger partial charge in [0.25, 0.3) is 5.91 Å². The van der Waals surface area contributed by atoms with Crippen molar-refractivity contribution >= 4 is 32.4 Å². The summed E-state index contributed by atoms with van der Waals surface area (Å²) in [4.78, 5) is 16.1. The number of amides is 1. The molecular weight excluding hydrogens is 310 g/mol. The van der Waals surface area contributed by atoms with Crippen molar-refractivity contribution in [1.82, 2.24) is 9.71 Å². The Balaban J connectivity index is 1.72. The van der Waals surface area contributed by atoms with E-state index < -0.39 is 10.0 Å². The van der Waals surface area contributed by atoms with Crippen LogP contribution in [0.5, 0.6) is 0 Å². The molecule has 1 fully saturated rings. The Labute approximate surface area is 126 Å². The summed E-state index contributed by atoms with van der Waals surface area (Å²) in [6.07, 6.45) is 3.36. The molecule has 1 aromatic heterocycles. The summed E-state index contributed by atoms with van der Waals surface area (Å²) in [5.41, 5.74) is 0.385. The third-order valence-corrected chi connectivity index (χ3v) is 5.20. The summed E-state index contributed by atoms with van der Waals surface area (Å²) in [6, 6.07) is 5.90. The van der Waals surface area contributed by atoms with Gasteiger partial charge in [0.1, 0.15) is 0 Å². The van der Waals surface area contributed by atoms with Gasteiger partial charge in [-0.25, -0.2) is 18.1 Å². The van der Waals surface area contributed by atoms with E-state index in [-0.39, 0.29) is 16.8 Å². The van der Waals surface area contributed by atoms with Crippen molar-refractivity contribution in [3.63, 3.8) is 0 Å². The summed E-state index contributed by atoms with van der Waals surface area (Å²) >= 11 is 1.32. The van der Waals surface area contributed by atoms with Crippen molar-refractivity contribution < 1.29 is 13.2 Å². The number of carbonyl (C=O) groups is 1. The fourth-order valence-corrected chi connectivity index (χ4v) is 3.56. The Kier molecular flexibility index (Phi) is 3.75. The third kappa shape index (κ3) is 3.46.